The number of nitrogens with one attached hydrogen (secondary N) is 1. The second-order valence-corrected chi connectivity index (χ2v) is 4.15. The average molecular weight is 187 g/mol. The van der Waals surface area contributed by atoms with Crippen LogP contribution in [0, 0.1) is 5.92 Å². The standard InChI is InChI=1S/C9H17NO3/c1-6(2)8(12)10-7-3-9(13,4-7)5-11/h6-7,11,13H,3-5H2,1-2H3,(H,10,12). The Labute approximate surface area is 78.0 Å². The Balaban J connectivity index is 2.25. The van der Waals surface area contributed by atoms with Gasteiger partial charge in [-0.15, -0.1) is 0 Å². The topological polar surface area (TPSA) is 69.6 Å². The van der Waals surface area contributed by atoms with E-state index in [1.54, 1.807) is 0 Å². The van der Waals surface area contributed by atoms with E-state index in [4.69, 9.17) is 5.11 Å². The number of hydrogen-bond donors (Lipinski definition) is 3. The van der Waals surface area contributed by atoms with Crippen molar-refractivity contribution in [3.8, 4) is 0 Å². The smallest absolute Gasteiger partial charge is 0.222 e. The van der Waals surface area contributed by atoms with Crippen LogP contribution in [-0.2, 0) is 4.79 Å². The molecule has 76 valence electrons. The van der Waals surface area contributed by atoms with Crippen molar-refractivity contribution >= 4 is 5.91 Å². The van der Waals surface area contributed by atoms with Gasteiger partial charge in [-0.3, -0.25) is 4.79 Å². The van der Waals surface area contributed by atoms with Crippen LogP contribution in [-0.4, -0.2) is 34.4 Å². The van der Waals surface area contributed by atoms with Crippen molar-refractivity contribution in [1.29, 1.82) is 0 Å². The molecule has 0 bridgehead atoms. The summed E-state index contributed by atoms with van der Waals surface area (Å²) in [5, 5.41) is 21.0. The van der Waals surface area contributed by atoms with Gasteiger partial charge in [-0.2, -0.15) is 0 Å². The Hall–Kier alpha value is -0.610. The summed E-state index contributed by atoms with van der Waals surface area (Å²) >= 11 is 0. The van der Waals surface area contributed by atoms with Gasteiger partial charge in [-0.1, -0.05) is 13.8 Å². The van der Waals surface area contributed by atoms with E-state index in [1.807, 2.05) is 13.8 Å². The fraction of sp³-hybridized carbons (Fsp3) is 0.889. The van der Waals surface area contributed by atoms with Gasteiger partial charge in [0.2, 0.25) is 5.91 Å². The molecular formula is C9H17NO3. The van der Waals surface area contributed by atoms with Crippen LogP contribution < -0.4 is 5.32 Å². The summed E-state index contributed by atoms with van der Waals surface area (Å²) in [7, 11) is 0. The molecular weight excluding hydrogens is 170 g/mol. The van der Waals surface area contributed by atoms with Gasteiger partial charge in [0, 0.05) is 12.0 Å². The van der Waals surface area contributed by atoms with Gasteiger partial charge >= 0.3 is 0 Å². The zero-order valence-corrected chi connectivity index (χ0v) is 8.08. The lowest BCUT2D eigenvalue weighted by Gasteiger charge is -2.42. The molecule has 0 spiro atoms. The lowest BCUT2D eigenvalue weighted by Crippen LogP contribution is -2.57. The maximum absolute atomic E-state index is 11.2. The molecule has 0 heterocycles. The molecule has 0 saturated heterocycles. The molecule has 1 amide bonds. The summed E-state index contributed by atoms with van der Waals surface area (Å²) < 4.78 is 0. The summed E-state index contributed by atoms with van der Waals surface area (Å²) in [5.41, 5.74) is -0.949. The molecule has 0 radical (unpaired) electrons. The van der Waals surface area contributed by atoms with Crippen LogP contribution in [0.15, 0.2) is 0 Å². The lowest BCUT2D eigenvalue weighted by atomic mass is 9.76. The Morgan fingerprint density at radius 3 is 2.54 bits per heavy atom. The second kappa shape index (κ2) is 3.64. The van der Waals surface area contributed by atoms with Gasteiger partial charge < -0.3 is 15.5 Å². The molecule has 13 heavy (non-hydrogen) atoms. The molecule has 0 atom stereocenters. The molecule has 4 nitrogen and oxygen atoms in total. The SMILES string of the molecule is CC(C)C(=O)NC1CC(O)(CO)C1. The van der Waals surface area contributed by atoms with Gasteiger partial charge in [0.15, 0.2) is 0 Å². The van der Waals surface area contributed by atoms with Crippen LogP contribution in [0.5, 0.6) is 0 Å². The first kappa shape index (κ1) is 10.5. The van der Waals surface area contributed by atoms with E-state index in [-0.39, 0.29) is 24.5 Å². The molecule has 1 rings (SSSR count). The normalized spacial score (nSPS) is 32.8. The predicted molar refractivity (Wildman–Crippen MR) is 48.0 cm³/mol. The van der Waals surface area contributed by atoms with Crippen molar-refractivity contribution in [3.05, 3.63) is 0 Å². The zero-order chi connectivity index (χ0) is 10.1. The molecule has 1 aliphatic carbocycles. The highest BCUT2D eigenvalue weighted by molar-refractivity contribution is 5.78. The number of aliphatic hydroxyl groups excluding tert-OH is 1. The Bertz CT molecular complexity index is 197. The molecule has 1 saturated carbocycles. The minimum absolute atomic E-state index is 0.00462. The van der Waals surface area contributed by atoms with Gasteiger partial charge in [0.1, 0.15) is 0 Å². The van der Waals surface area contributed by atoms with Gasteiger partial charge in [-0.25, -0.2) is 0 Å². The molecule has 0 aromatic rings. The Kier molecular flexibility index (Phi) is 2.93. The fourth-order valence-corrected chi connectivity index (χ4v) is 1.46. The van der Waals surface area contributed by atoms with Crippen LogP contribution >= 0.6 is 0 Å². The van der Waals surface area contributed by atoms with E-state index in [0.717, 1.165) is 0 Å². The second-order valence-electron chi connectivity index (χ2n) is 4.15. The summed E-state index contributed by atoms with van der Waals surface area (Å²) in [4.78, 5) is 11.2. The van der Waals surface area contributed by atoms with Gasteiger partial charge in [-0.05, 0) is 12.8 Å². The Morgan fingerprint density at radius 1 is 1.62 bits per heavy atom. The third-order valence-electron chi connectivity index (χ3n) is 2.42. The number of rotatable bonds is 3. The van der Waals surface area contributed by atoms with Crippen molar-refractivity contribution < 1.29 is 15.0 Å². The van der Waals surface area contributed by atoms with Crippen LogP contribution in [0.25, 0.3) is 0 Å². The van der Waals surface area contributed by atoms with E-state index in [0.29, 0.717) is 12.8 Å². The summed E-state index contributed by atoms with van der Waals surface area (Å²) in [5.74, 6) is -0.0205. The van der Waals surface area contributed by atoms with Gasteiger partial charge in [0.25, 0.3) is 0 Å². The number of aliphatic hydroxyl groups is 2. The van der Waals surface area contributed by atoms with Crippen molar-refractivity contribution in [1.82, 2.24) is 5.32 Å². The highest BCUT2D eigenvalue weighted by atomic mass is 16.3. The highest BCUT2D eigenvalue weighted by Gasteiger charge is 2.42. The first-order valence-corrected chi connectivity index (χ1v) is 4.60. The van der Waals surface area contributed by atoms with Crippen LogP contribution in [0.3, 0.4) is 0 Å². The lowest BCUT2D eigenvalue weighted by molar-refractivity contribution is -0.131. The molecule has 1 fully saturated rings. The molecule has 1 aliphatic rings. The zero-order valence-electron chi connectivity index (χ0n) is 8.08. The summed E-state index contributed by atoms with van der Waals surface area (Å²) in [6.07, 6.45) is 0.921. The molecule has 0 aromatic heterocycles. The molecule has 0 aromatic carbocycles. The number of carbonyl (C=O) groups excluding carboxylic acids is 1. The minimum atomic E-state index is -0.949. The highest BCUT2D eigenvalue weighted by Crippen LogP contribution is 2.31. The summed E-state index contributed by atoms with van der Waals surface area (Å²) in [6.45, 7) is 3.43. The molecule has 3 N–H and O–H groups in total. The van der Waals surface area contributed by atoms with E-state index in [9.17, 15) is 9.90 Å². The van der Waals surface area contributed by atoms with E-state index in [1.165, 1.54) is 0 Å². The van der Waals surface area contributed by atoms with Crippen LogP contribution in [0.1, 0.15) is 26.7 Å². The molecule has 0 aliphatic heterocycles. The molecule has 0 unspecified atom stereocenters. The maximum atomic E-state index is 11.2. The predicted octanol–water partition coefficient (Wildman–Crippen LogP) is -0.356. The van der Waals surface area contributed by atoms with E-state index in [2.05, 4.69) is 5.32 Å². The van der Waals surface area contributed by atoms with Crippen LogP contribution in [0.2, 0.25) is 0 Å². The fourth-order valence-electron chi connectivity index (χ4n) is 1.46. The van der Waals surface area contributed by atoms with Crippen LogP contribution in [0.4, 0.5) is 0 Å². The number of hydrogen-bond acceptors (Lipinski definition) is 3. The third kappa shape index (κ3) is 2.42. The number of carbonyl (C=O) groups is 1. The maximum Gasteiger partial charge on any atom is 0.222 e. The van der Waals surface area contributed by atoms with E-state index < -0.39 is 5.60 Å². The van der Waals surface area contributed by atoms with Gasteiger partial charge in [0.05, 0.1) is 12.2 Å². The average Bonchev–Trinajstić information content (AvgIpc) is 2.01. The number of amides is 1. The van der Waals surface area contributed by atoms with E-state index >= 15 is 0 Å². The quantitative estimate of drug-likeness (QED) is 0.565. The first-order chi connectivity index (χ1) is 5.97. The summed E-state index contributed by atoms with van der Waals surface area (Å²) in [6, 6.07) is 0.0343. The van der Waals surface area contributed by atoms with Crippen molar-refractivity contribution in [2.24, 2.45) is 5.92 Å². The monoisotopic (exact) mass is 187 g/mol. The molecule has 4 heteroatoms. The van der Waals surface area contributed by atoms with Crippen molar-refractivity contribution in [3.63, 3.8) is 0 Å². The van der Waals surface area contributed by atoms with Crippen molar-refractivity contribution in [2.75, 3.05) is 6.61 Å². The third-order valence-corrected chi connectivity index (χ3v) is 2.42. The largest absolute Gasteiger partial charge is 0.393 e. The van der Waals surface area contributed by atoms with Crippen molar-refractivity contribution in [2.45, 2.75) is 38.3 Å². The minimum Gasteiger partial charge on any atom is -0.393 e. The first-order valence-electron chi connectivity index (χ1n) is 4.60. The Morgan fingerprint density at radius 2 is 2.15 bits per heavy atom.